The van der Waals surface area contributed by atoms with Gasteiger partial charge in [-0.3, -0.25) is 0 Å². The van der Waals surface area contributed by atoms with Gasteiger partial charge >= 0.3 is 5.97 Å². The predicted molar refractivity (Wildman–Crippen MR) is 119 cm³/mol. The number of hydrogen-bond acceptors (Lipinski definition) is 9. The minimum absolute atomic E-state index is 0.0238. The molecule has 3 heterocycles. The van der Waals surface area contributed by atoms with Gasteiger partial charge in [0.15, 0.2) is 5.03 Å². The van der Waals surface area contributed by atoms with Gasteiger partial charge < -0.3 is 15.2 Å². The first-order valence-corrected chi connectivity index (χ1v) is 11.6. The Bertz CT molecular complexity index is 1420. The lowest BCUT2D eigenvalue weighted by Gasteiger charge is -2.14. The SMILES string of the molecule is COc1ccc(S(=O)(=O)c2ncccc2CNc2c(C(=O)O)cnc3snc(C)c23)cc1. The lowest BCUT2D eigenvalue weighted by Crippen LogP contribution is -2.13. The number of sulfone groups is 1. The molecule has 32 heavy (non-hydrogen) atoms. The molecule has 0 unspecified atom stereocenters. The van der Waals surface area contributed by atoms with Crippen LogP contribution in [-0.4, -0.2) is 40.9 Å². The summed E-state index contributed by atoms with van der Waals surface area (Å²) in [5.74, 6) is -0.612. The average molecular weight is 471 g/mol. The second-order valence-electron chi connectivity index (χ2n) is 6.80. The molecule has 164 valence electrons. The minimum Gasteiger partial charge on any atom is -0.497 e. The molecule has 11 heteroatoms. The summed E-state index contributed by atoms with van der Waals surface area (Å²) in [5.41, 5.74) is 1.35. The minimum atomic E-state index is -3.91. The summed E-state index contributed by atoms with van der Waals surface area (Å²) in [6.45, 7) is 1.80. The molecule has 0 aliphatic rings. The third kappa shape index (κ3) is 3.87. The molecule has 4 rings (SSSR count). The highest BCUT2D eigenvalue weighted by Gasteiger charge is 2.24. The normalized spacial score (nSPS) is 11.4. The summed E-state index contributed by atoms with van der Waals surface area (Å²) in [4.78, 5) is 20.7. The van der Waals surface area contributed by atoms with E-state index in [1.54, 1.807) is 31.2 Å². The highest BCUT2D eigenvalue weighted by molar-refractivity contribution is 7.91. The number of nitrogens with one attached hydrogen (secondary N) is 1. The second-order valence-corrected chi connectivity index (χ2v) is 9.42. The van der Waals surface area contributed by atoms with Gasteiger partial charge in [0.25, 0.3) is 0 Å². The fourth-order valence-electron chi connectivity index (χ4n) is 3.25. The van der Waals surface area contributed by atoms with Crippen molar-refractivity contribution >= 4 is 43.2 Å². The molecule has 0 bridgehead atoms. The molecule has 0 aliphatic heterocycles. The van der Waals surface area contributed by atoms with Gasteiger partial charge in [-0.2, -0.15) is 4.37 Å². The number of anilines is 1. The van der Waals surface area contributed by atoms with Gasteiger partial charge in [0.2, 0.25) is 9.84 Å². The number of carboxylic acid groups (broad SMARTS) is 1. The first kappa shape index (κ1) is 21.7. The van der Waals surface area contributed by atoms with E-state index in [-0.39, 0.29) is 22.0 Å². The molecular weight excluding hydrogens is 452 g/mol. The maximum atomic E-state index is 13.2. The number of nitrogens with zero attached hydrogens (tertiary/aromatic N) is 3. The number of rotatable bonds is 7. The molecule has 0 amide bonds. The number of carbonyl (C=O) groups is 1. The Morgan fingerprint density at radius 2 is 1.94 bits per heavy atom. The topological polar surface area (TPSA) is 131 Å². The fourth-order valence-corrected chi connectivity index (χ4v) is 5.41. The van der Waals surface area contributed by atoms with Crippen LogP contribution < -0.4 is 10.1 Å². The number of methoxy groups -OCH3 is 1. The van der Waals surface area contributed by atoms with Gasteiger partial charge in [-0.1, -0.05) is 6.07 Å². The smallest absolute Gasteiger partial charge is 0.339 e. The van der Waals surface area contributed by atoms with Crippen LogP contribution in [0, 0.1) is 6.92 Å². The van der Waals surface area contributed by atoms with Crippen LogP contribution in [0.5, 0.6) is 5.75 Å². The van der Waals surface area contributed by atoms with Crippen molar-refractivity contribution in [2.45, 2.75) is 23.4 Å². The number of aromatic carboxylic acids is 1. The first-order chi connectivity index (χ1) is 15.3. The van der Waals surface area contributed by atoms with Crippen LogP contribution >= 0.6 is 11.5 Å². The summed E-state index contributed by atoms with van der Waals surface area (Å²) in [6, 6.07) is 9.29. The number of carboxylic acids is 1. The number of fused-ring (bicyclic) bond motifs is 1. The van der Waals surface area contributed by atoms with Crippen LogP contribution in [0.2, 0.25) is 0 Å². The van der Waals surface area contributed by atoms with E-state index in [2.05, 4.69) is 19.7 Å². The standard InChI is InChI=1S/C21H18N4O5S2/c1-12-17-18(16(21(26)27)11-24-19(17)31-25-12)23-10-13-4-3-9-22-20(13)32(28,29)15-7-5-14(30-2)6-8-15/h3-9,11H,10H2,1-2H3,(H,23,24)(H,26,27). The molecular formula is C21H18N4O5S2. The zero-order chi connectivity index (χ0) is 22.9. The van der Waals surface area contributed by atoms with Crippen molar-refractivity contribution < 1.29 is 23.1 Å². The number of hydrogen-bond donors (Lipinski definition) is 2. The van der Waals surface area contributed by atoms with Crippen molar-refractivity contribution in [2.75, 3.05) is 12.4 Å². The number of aryl methyl sites for hydroxylation is 1. The van der Waals surface area contributed by atoms with E-state index in [0.29, 0.717) is 32.9 Å². The Labute approximate surface area is 187 Å². The maximum absolute atomic E-state index is 13.2. The number of aromatic nitrogens is 3. The van der Waals surface area contributed by atoms with E-state index < -0.39 is 15.8 Å². The molecule has 0 radical (unpaired) electrons. The van der Waals surface area contributed by atoms with E-state index in [1.807, 2.05) is 0 Å². The van der Waals surface area contributed by atoms with E-state index in [1.165, 1.54) is 43.2 Å². The van der Waals surface area contributed by atoms with Gasteiger partial charge in [0, 0.05) is 24.5 Å². The number of pyridine rings is 2. The molecule has 0 fully saturated rings. The molecule has 9 nitrogen and oxygen atoms in total. The Balaban J connectivity index is 1.73. The molecule has 0 aliphatic carbocycles. The average Bonchev–Trinajstić information content (AvgIpc) is 3.18. The molecule has 0 saturated heterocycles. The molecule has 0 atom stereocenters. The summed E-state index contributed by atoms with van der Waals surface area (Å²) < 4.78 is 35.8. The van der Waals surface area contributed by atoms with Gasteiger partial charge in [-0.15, -0.1) is 0 Å². The van der Waals surface area contributed by atoms with Crippen molar-refractivity contribution in [1.82, 2.24) is 14.3 Å². The zero-order valence-corrected chi connectivity index (χ0v) is 18.7. The van der Waals surface area contributed by atoms with E-state index in [0.717, 1.165) is 0 Å². The van der Waals surface area contributed by atoms with Crippen LogP contribution in [-0.2, 0) is 16.4 Å². The van der Waals surface area contributed by atoms with Crippen LogP contribution in [0.1, 0.15) is 21.6 Å². The van der Waals surface area contributed by atoms with Crippen molar-refractivity contribution in [3.05, 3.63) is 65.6 Å². The monoisotopic (exact) mass is 470 g/mol. The summed E-state index contributed by atoms with van der Waals surface area (Å²) >= 11 is 1.17. The van der Waals surface area contributed by atoms with Crippen molar-refractivity contribution in [2.24, 2.45) is 0 Å². The third-order valence-corrected chi connectivity index (χ3v) is 7.45. The third-order valence-electron chi connectivity index (χ3n) is 4.84. The van der Waals surface area contributed by atoms with E-state index in [9.17, 15) is 18.3 Å². The van der Waals surface area contributed by atoms with Crippen LogP contribution in [0.3, 0.4) is 0 Å². The Morgan fingerprint density at radius 1 is 1.19 bits per heavy atom. The highest BCUT2D eigenvalue weighted by Crippen LogP contribution is 2.32. The van der Waals surface area contributed by atoms with Crippen molar-refractivity contribution in [1.29, 1.82) is 0 Å². The molecule has 4 aromatic rings. The lowest BCUT2D eigenvalue weighted by molar-refractivity contribution is 0.0697. The van der Waals surface area contributed by atoms with E-state index >= 15 is 0 Å². The predicted octanol–water partition coefficient (Wildman–Crippen LogP) is 3.55. The molecule has 1 aromatic carbocycles. The molecule has 2 N–H and O–H groups in total. The molecule has 0 spiro atoms. The van der Waals surface area contributed by atoms with Gasteiger partial charge in [-0.05, 0) is 48.8 Å². The van der Waals surface area contributed by atoms with Crippen LogP contribution in [0.4, 0.5) is 5.69 Å². The molecule has 0 saturated carbocycles. The van der Waals surface area contributed by atoms with Crippen LogP contribution in [0.15, 0.2) is 58.7 Å². The number of benzene rings is 1. The summed E-state index contributed by atoms with van der Waals surface area (Å²) in [7, 11) is -2.41. The highest BCUT2D eigenvalue weighted by atomic mass is 32.2. The van der Waals surface area contributed by atoms with Crippen molar-refractivity contribution in [3.8, 4) is 5.75 Å². The quantitative estimate of drug-likeness (QED) is 0.416. The Hall–Kier alpha value is -3.57. The summed E-state index contributed by atoms with van der Waals surface area (Å²) in [5, 5.41) is 13.2. The second kappa shape index (κ2) is 8.52. The zero-order valence-electron chi connectivity index (χ0n) is 17.1. The maximum Gasteiger partial charge on any atom is 0.339 e. The van der Waals surface area contributed by atoms with Gasteiger partial charge in [-0.25, -0.2) is 23.2 Å². The summed E-state index contributed by atoms with van der Waals surface area (Å²) in [6.07, 6.45) is 2.67. The van der Waals surface area contributed by atoms with Crippen LogP contribution in [0.25, 0.3) is 10.2 Å². The Morgan fingerprint density at radius 3 is 2.62 bits per heavy atom. The van der Waals surface area contributed by atoms with E-state index in [4.69, 9.17) is 4.74 Å². The number of ether oxygens (including phenoxy) is 1. The van der Waals surface area contributed by atoms with Gasteiger partial charge in [0.1, 0.15) is 16.1 Å². The Kier molecular flexibility index (Phi) is 5.76. The van der Waals surface area contributed by atoms with Gasteiger partial charge in [0.05, 0.1) is 28.8 Å². The molecule has 3 aromatic heterocycles. The largest absolute Gasteiger partial charge is 0.497 e. The van der Waals surface area contributed by atoms with Crippen molar-refractivity contribution in [3.63, 3.8) is 0 Å². The first-order valence-electron chi connectivity index (χ1n) is 9.38. The fraction of sp³-hybridized carbons (Fsp3) is 0.143. The lowest BCUT2D eigenvalue weighted by atomic mass is 10.1.